The molecule has 29 heavy (non-hydrogen) atoms. The predicted octanol–water partition coefficient (Wildman–Crippen LogP) is 5.02. The van der Waals surface area contributed by atoms with Gasteiger partial charge in [-0.1, -0.05) is 76.6 Å². The van der Waals surface area contributed by atoms with E-state index in [0.29, 0.717) is 19.8 Å². The number of aliphatic hydroxyl groups excluding tert-OH is 1. The third kappa shape index (κ3) is 7.29. The molecule has 152 valence electrons. The van der Waals surface area contributed by atoms with Crippen molar-refractivity contribution >= 4 is 21.6 Å². The van der Waals surface area contributed by atoms with Gasteiger partial charge in [0.15, 0.2) is 0 Å². The van der Waals surface area contributed by atoms with Gasteiger partial charge in [0.25, 0.3) is 0 Å². The van der Waals surface area contributed by atoms with Gasteiger partial charge < -0.3 is 19.9 Å². The highest BCUT2D eigenvalue weighted by molar-refractivity contribution is 9.10. The Morgan fingerprint density at radius 1 is 0.793 bits per heavy atom. The second-order valence-electron chi connectivity index (χ2n) is 6.78. The zero-order valence-corrected chi connectivity index (χ0v) is 17.8. The van der Waals surface area contributed by atoms with Crippen LogP contribution in [0.3, 0.4) is 0 Å². The van der Waals surface area contributed by atoms with Crippen molar-refractivity contribution in [2.24, 2.45) is 0 Å². The maximum atomic E-state index is 9.98. The molecule has 0 unspecified atom stereocenters. The average Bonchev–Trinajstić information content (AvgIpc) is 2.77. The predicted molar refractivity (Wildman–Crippen MR) is 120 cm³/mol. The summed E-state index contributed by atoms with van der Waals surface area (Å²) in [6.45, 7) is 1.25. The first-order valence-corrected chi connectivity index (χ1v) is 10.4. The molecular formula is C24H26BrNO3. The summed E-state index contributed by atoms with van der Waals surface area (Å²) in [6, 6.07) is 27.7. The summed E-state index contributed by atoms with van der Waals surface area (Å²) < 4.78 is 13.0. The molecule has 3 aromatic carbocycles. The van der Waals surface area contributed by atoms with Gasteiger partial charge in [-0.05, 0) is 35.4 Å². The van der Waals surface area contributed by atoms with Crippen molar-refractivity contribution in [2.45, 2.75) is 25.4 Å². The second kappa shape index (κ2) is 11.7. The number of benzene rings is 3. The van der Waals surface area contributed by atoms with Crippen molar-refractivity contribution in [3.8, 4) is 0 Å². The molecule has 4 nitrogen and oxygen atoms in total. The van der Waals surface area contributed by atoms with Crippen molar-refractivity contribution in [2.75, 3.05) is 18.5 Å². The Balaban J connectivity index is 1.64. The number of aliphatic hydroxyl groups is 1. The summed E-state index contributed by atoms with van der Waals surface area (Å²) in [5.74, 6) is 0. The first kappa shape index (κ1) is 21.5. The van der Waals surface area contributed by atoms with Crippen molar-refractivity contribution < 1.29 is 14.6 Å². The Morgan fingerprint density at radius 2 is 1.38 bits per heavy atom. The molecule has 0 aliphatic carbocycles. The van der Waals surface area contributed by atoms with Crippen LogP contribution in [0.4, 0.5) is 5.69 Å². The zero-order chi connectivity index (χ0) is 20.3. The van der Waals surface area contributed by atoms with Gasteiger partial charge in [0, 0.05) is 10.2 Å². The van der Waals surface area contributed by atoms with E-state index in [1.54, 1.807) is 0 Å². The Morgan fingerprint density at radius 3 is 1.97 bits per heavy atom. The molecule has 3 aromatic rings. The van der Waals surface area contributed by atoms with E-state index in [9.17, 15) is 5.11 Å². The van der Waals surface area contributed by atoms with Crippen molar-refractivity contribution in [3.63, 3.8) is 0 Å². The summed E-state index contributed by atoms with van der Waals surface area (Å²) in [4.78, 5) is 0. The molecule has 0 fully saturated rings. The molecule has 0 aliphatic rings. The van der Waals surface area contributed by atoms with Crippen molar-refractivity contribution in [1.29, 1.82) is 0 Å². The summed E-state index contributed by atoms with van der Waals surface area (Å²) in [5.41, 5.74) is 3.13. The van der Waals surface area contributed by atoms with E-state index >= 15 is 0 Å². The zero-order valence-electron chi connectivity index (χ0n) is 16.2. The Labute approximate surface area is 180 Å². The fourth-order valence-electron chi connectivity index (χ4n) is 2.95. The Bertz CT molecular complexity index is 828. The van der Waals surface area contributed by atoms with Crippen LogP contribution < -0.4 is 5.32 Å². The van der Waals surface area contributed by atoms with Crippen LogP contribution in [0.1, 0.15) is 11.1 Å². The quantitative estimate of drug-likeness (QED) is 0.425. The lowest BCUT2D eigenvalue weighted by Gasteiger charge is -2.28. The third-order valence-corrected chi connectivity index (χ3v) is 5.07. The molecule has 2 N–H and O–H groups in total. The van der Waals surface area contributed by atoms with Crippen LogP contribution in [0.2, 0.25) is 0 Å². The van der Waals surface area contributed by atoms with Crippen LogP contribution >= 0.6 is 15.9 Å². The maximum absolute atomic E-state index is 9.98. The number of anilines is 1. The largest absolute Gasteiger partial charge is 0.394 e. The van der Waals surface area contributed by atoms with E-state index in [1.807, 2.05) is 84.9 Å². The van der Waals surface area contributed by atoms with E-state index < -0.39 is 6.10 Å². The van der Waals surface area contributed by atoms with Gasteiger partial charge >= 0.3 is 0 Å². The molecule has 0 aromatic heterocycles. The fourth-order valence-corrected chi connectivity index (χ4v) is 3.22. The highest BCUT2D eigenvalue weighted by Crippen LogP contribution is 2.17. The SMILES string of the molecule is OC[C@@H](OCc1ccccc1)[C@@H](COCc1ccccc1)Nc1ccc(Br)cc1. The summed E-state index contributed by atoms with van der Waals surface area (Å²) >= 11 is 3.46. The van der Waals surface area contributed by atoms with Gasteiger partial charge in [-0.2, -0.15) is 0 Å². The van der Waals surface area contributed by atoms with Gasteiger partial charge in [0.1, 0.15) is 6.10 Å². The lowest BCUT2D eigenvalue weighted by molar-refractivity contribution is -0.0286. The molecule has 0 spiro atoms. The van der Waals surface area contributed by atoms with Crippen molar-refractivity contribution in [3.05, 3.63) is 101 Å². The minimum Gasteiger partial charge on any atom is -0.394 e. The molecule has 3 rings (SSSR count). The number of hydrogen-bond donors (Lipinski definition) is 2. The molecule has 0 radical (unpaired) electrons. The summed E-state index contributed by atoms with van der Waals surface area (Å²) in [6.07, 6.45) is -0.408. The number of hydrogen-bond acceptors (Lipinski definition) is 4. The molecule has 0 heterocycles. The molecular weight excluding hydrogens is 430 g/mol. The minimum atomic E-state index is -0.408. The number of nitrogens with one attached hydrogen (secondary N) is 1. The minimum absolute atomic E-state index is 0.101. The van der Waals surface area contributed by atoms with E-state index in [0.717, 1.165) is 21.3 Å². The van der Waals surface area contributed by atoms with Gasteiger partial charge in [0.05, 0.1) is 32.5 Å². The smallest absolute Gasteiger partial charge is 0.103 e. The molecule has 0 aliphatic heterocycles. The molecule has 0 saturated heterocycles. The number of rotatable bonds is 11. The average molecular weight is 456 g/mol. The van der Waals surface area contributed by atoms with Gasteiger partial charge in [-0.15, -0.1) is 0 Å². The van der Waals surface area contributed by atoms with Crippen LogP contribution in [-0.2, 0) is 22.7 Å². The monoisotopic (exact) mass is 455 g/mol. The van der Waals surface area contributed by atoms with Crippen LogP contribution in [0.5, 0.6) is 0 Å². The summed E-state index contributed by atoms with van der Waals surface area (Å²) in [5, 5.41) is 13.4. The maximum Gasteiger partial charge on any atom is 0.103 e. The van der Waals surface area contributed by atoms with Gasteiger partial charge in [-0.25, -0.2) is 0 Å². The lowest BCUT2D eigenvalue weighted by atomic mass is 10.1. The summed E-state index contributed by atoms with van der Waals surface area (Å²) in [7, 11) is 0. The fraction of sp³-hybridized carbons (Fsp3) is 0.250. The van der Waals surface area contributed by atoms with E-state index in [2.05, 4.69) is 21.2 Å². The van der Waals surface area contributed by atoms with E-state index in [4.69, 9.17) is 9.47 Å². The number of ether oxygens (including phenoxy) is 2. The van der Waals surface area contributed by atoms with Gasteiger partial charge in [0.2, 0.25) is 0 Å². The van der Waals surface area contributed by atoms with E-state index in [1.165, 1.54) is 0 Å². The normalized spacial score (nSPS) is 13.0. The molecule has 0 bridgehead atoms. The van der Waals surface area contributed by atoms with Crippen molar-refractivity contribution in [1.82, 2.24) is 0 Å². The Hall–Kier alpha value is -2.18. The molecule has 5 heteroatoms. The lowest BCUT2D eigenvalue weighted by Crippen LogP contribution is -2.41. The molecule has 0 saturated carbocycles. The Kier molecular flexibility index (Phi) is 8.71. The first-order chi connectivity index (χ1) is 14.2. The highest BCUT2D eigenvalue weighted by atomic mass is 79.9. The van der Waals surface area contributed by atoms with Crippen LogP contribution in [0, 0.1) is 0 Å². The van der Waals surface area contributed by atoms with Gasteiger partial charge in [-0.3, -0.25) is 0 Å². The second-order valence-corrected chi connectivity index (χ2v) is 7.69. The standard InChI is InChI=1S/C24H26BrNO3/c25-21-11-13-22(14-12-21)26-23(18-28-16-19-7-3-1-4-8-19)24(15-27)29-17-20-9-5-2-6-10-20/h1-14,23-24,26-27H,15-18H2/t23-,24-/m1/s1. The van der Waals surface area contributed by atoms with Crippen LogP contribution in [-0.4, -0.2) is 30.5 Å². The number of halogens is 1. The van der Waals surface area contributed by atoms with Crippen LogP contribution in [0.25, 0.3) is 0 Å². The topological polar surface area (TPSA) is 50.7 Å². The third-order valence-electron chi connectivity index (χ3n) is 4.54. The highest BCUT2D eigenvalue weighted by Gasteiger charge is 2.22. The molecule has 2 atom stereocenters. The first-order valence-electron chi connectivity index (χ1n) is 9.65. The van der Waals surface area contributed by atoms with E-state index in [-0.39, 0.29) is 12.6 Å². The molecule has 0 amide bonds. The van der Waals surface area contributed by atoms with Crippen LogP contribution in [0.15, 0.2) is 89.4 Å².